The third-order valence-electron chi connectivity index (χ3n) is 4.05. The van der Waals surface area contributed by atoms with Gasteiger partial charge in [0.05, 0.1) is 16.4 Å². The van der Waals surface area contributed by atoms with Gasteiger partial charge in [0.15, 0.2) is 0 Å². The summed E-state index contributed by atoms with van der Waals surface area (Å²) in [5, 5.41) is 2.18. The second-order valence-corrected chi connectivity index (χ2v) is 8.20. The molecule has 0 unspecified atom stereocenters. The van der Waals surface area contributed by atoms with Crippen molar-refractivity contribution in [2.45, 2.75) is 11.8 Å². The van der Waals surface area contributed by atoms with Gasteiger partial charge in [0, 0.05) is 11.6 Å². The normalized spacial score (nSPS) is 11.2. The molecule has 0 aliphatic heterocycles. The van der Waals surface area contributed by atoms with Gasteiger partial charge in [-0.25, -0.2) is 17.2 Å². The number of amides is 1. The summed E-state index contributed by atoms with van der Waals surface area (Å²) in [5.41, 5.74) is 0.761. The zero-order valence-corrected chi connectivity index (χ0v) is 16.6. The lowest BCUT2D eigenvalue weighted by Crippen LogP contribution is -2.17. The number of aryl methyl sites for hydroxylation is 1. The van der Waals surface area contributed by atoms with Crippen LogP contribution in [0.2, 0.25) is 5.02 Å². The highest BCUT2D eigenvalue weighted by Gasteiger charge is 2.21. The van der Waals surface area contributed by atoms with E-state index in [2.05, 4.69) is 10.0 Å². The summed E-state index contributed by atoms with van der Waals surface area (Å²) in [4.78, 5) is 12.1. The third kappa shape index (κ3) is 4.72. The first kappa shape index (κ1) is 20.8. The van der Waals surface area contributed by atoms with E-state index >= 15 is 0 Å². The maximum atomic E-state index is 13.8. The molecule has 0 saturated heterocycles. The summed E-state index contributed by atoms with van der Waals surface area (Å²) in [6.45, 7) is 1.74. The largest absolute Gasteiger partial charge is 0.319 e. The molecule has 0 aromatic heterocycles. The Labute approximate surface area is 171 Å². The smallest absolute Gasteiger partial charge is 0.263 e. The summed E-state index contributed by atoms with van der Waals surface area (Å²) in [6.07, 6.45) is 0. The van der Waals surface area contributed by atoms with Gasteiger partial charge in [0.25, 0.3) is 15.9 Å². The maximum Gasteiger partial charge on any atom is 0.263 e. The van der Waals surface area contributed by atoms with E-state index in [1.807, 2.05) is 0 Å². The van der Waals surface area contributed by atoms with Crippen LogP contribution in [0.4, 0.5) is 20.2 Å². The van der Waals surface area contributed by atoms with Gasteiger partial charge in [-0.15, -0.1) is 0 Å². The van der Waals surface area contributed by atoms with Crippen LogP contribution in [0.3, 0.4) is 0 Å². The molecule has 0 fully saturated rings. The lowest BCUT2D eigenvalue weighted by molar-refractivity contribution is 0.102. The zero-order valence-electron chi connectivity index (χ0n) is 15.0. The fourth-order valence-corrected chi connectivity index (χ4v) is 4.18. The molecule has 0 atom stereocenters. The Hall–Kier alpha value is -2.97. The van der Waals surface area contributed by atoms with Crippen LogP contribution < -0.4 is 10.0 Å². The molecule has 5 nitrogen and oxygen atoms in total. The van der Waals surface area contributed by atoms with Crippen LogP contribution in [0.5, 0.6) is 0 Å². The molecule has 0 aliphatic carbocycles. The summed E-state index contributed by atoms with van der Waals surface area (Å²) in [6, 6.07) is 13.1. The van der Waals surface area contributed by atoms with Gasteiger partial charge in [0.2, 0.25) is 0 Å². The Morgan fingerprint density at radius 2 is 1.69 bits per heavy atom. The van der Waals surface area contributed by atoms with E-state index in [4.69, 9.17) is 11.6 Å². The van der Waals surface area contributed by atoms with Gasteiger partial charge < -0.3 is 5.32 Å². The molecule has 3 aromatic carbocycles. The number of hydrogen-bond donors (Lipinski definition) is 2. The Morgan fingerprint density at radius 3 is 2.38 bits per heavy atom. The van der Waals surface area contributed by atoms with Crippen molar-refractivity contribution in [3.63, 3.8) is 0 Å². The van der Waals surface area contributed by atoms with Crippen LogP contribution in [0.1, 0.15) is 15.9 Å². The Kier molecular flexibility index (Phi) is 5.86. The summed E-state index contributed by atoms with van der Waals surface area (Å²) in [5.74, 6) is -2.52. The Morgan fingerprint density at radius 1 is 0.966 bits per heavy atom. The number of rotatable bonds is 5. The molecule has 0 aliphatic rings. The van der Waals surface area contributed by atoms with E-state index < -0.39 is 27.6 Å². The number of carbonyl (C=O) groups is 1. The van der Waals surface area contributed by atoms with Crippen molar-refractivity contribution < 1.29 is 22.0 Å². The first-order valence-electron chi connectivity index (χ1n) is 8.32. The first-order valence-corrected chi connectivity index (χ1v) is 10.2. The van der Waals surface area contributed by atoms with Crippen molar-refractivity contribution >= 4 is 38.9 Å². The van der Waals surface area contributed by atoms with E-state index in [9.17, 15) is 22.0 Å². The van der Waals surface area contributed by atoms with Crippen molar-refractivity contribution in [3.05, 3.63) is 88.4 Å². The monoisotopic (exact) mass is 436 g/mol. The number of para-hydroxylation sites is 1. The van der Waals surface area contributed by atoms with Crippen LogP contribution in [0, 0.1) is 18.6 Å². The van der Waals surface area contributed by atoms with Crippen molar-refractivity contribution in [3.8, 4) is 0 Å². The summed E-state index contributed by atoms with van der Waals surface area (Å²) >= 11 is 6.04. The SMILES string of the molecule is Cc1ccccc1NS(=O)(=O)c1cc(C(=O)Nc2ccc(F)cc2F)ccc1Cl. The van der Waals surface area contributed by atoms with E-state index in [1.54, 1.807) is 31.2 Å². The number of nitrogens with one attached hydrogen (secondary N) is 2. The van der Waals surface area contributed by atoms with Crippen LogP contribution in [-0.4, -0.2) is 14.3 Å². The van der Waals surface area contributed by atoms with Gasteiger partial charge in [-0.05, 0) is 48.9 Å². The number of carbonyl (C=O) groups excluding carboxylic acids is 1. The second kappa shape index (κ2) is 8.18. The maximum absolute atomic E-state index is 13.8. The first-order chi connectivity index (χ1) is 13.7. The van der Waals surface area contributed by atoms with Gasteiger partial charge in [-0.3, -0.25) is 9.52 Å². The topological polar surface area (TPSA) is 75.3 Å². The van der Waals surface area contributed by atoms with E-state index in [0.29, 0.717) is 17.3 Å². The van der Waals surface area contributed by atoms with Gasteiger partial charge >= 0.3 is 0 Å². The number of benzene rings is 3. The molecule has 29 heavy (non-hydrogen) atoms. The molecule has 0 radical (unpaired) electrons. The number of hydrogen-bond acceptors (Lipinski definition) is 3. The molecular weight excluding hydrogens is 422 g/mol. The molecule has 1 amide bonds. The van der Waals surface area contributed by atoms with Crippen molar-refractivity contribution in [1.82, 2.24) is 0 Å². The van der Waals surface area contributed by atoms with Crippen LogP contribution in [-0.2, 0) is 10.0 Å². The summed E-state index contributed by atoms with van der Waals surface area (Å²) < 4.78 is 54.7. The molecule has 0 spiro atoms. The predicted molar refractivity (Wildman–Crippen MR) is 108 cm³/mol. The van der Waals surface area contributed by atoms with E-state index in [-0.39, 0.29) is 21.2 Å². The second-order valence-electron chi connectivity index (χ2n) is 6.14. The zero-order chi connectivity index (χ0) is 21.2. The third-order valence-corrected chi connectivity index (χ3v) is 5.90. The average Bonchev–Trinajstić information content (AvgIpc) is 2.66. The molecule has 0 saturated carbocycles. The van der Waals surface area contributed by atoms with Crippen molar-refractivity contribution in [2.75, 3.05) is 10.0 Å². The van der Waals surface area contributed by atoms with Crippen molar-refractivity contribution in [2.24, 2.45) is 0 Å². The quantitative estimate of drug-likeness (QED) is 0.592. The molecule has 2 N–H and O–H groups in total. The van der Waals surface area contributed by atoms with Gasteiger partial charge in [-0.1, -0.05) is 29.8 Å². The molecule has 0 bridgehead atoms. The fraction of sp³-hybridized carbons (Fsp3) is 0.0500. The highest BCUT2D eigenvalue weighted by Crippen LogP contribution is 2.27. The van der Waals surface area contributed by atoms with Crippen LogP contribution in [0.25, 0.3) is 0 Å². The van der Waals surface area contributed by atoms with Crippen molar-refractivity contribution in [1.29, 1.82) is 0 Å². The molecule has 3 rings (SSSR count). The predicted octanol–water partition coefficient (Wildman–Crippen LogP) is 4.98. The van der Waals surface area contributed by atoms with Gasteiger partial charge in [-0.2, -0.15) is 0 Å². The minimum atomic E-state index is -4.09. The Bertz CT molecular complexity index is 1200. The molecule has 150 valence electrons. The molecule has 9 heteroatoms. The Balaban J connectivity index is 1.91. The summed E-state index contributed by atoms with van der Waals surface area (Å²) in [7, 11) is -4.09. The lowest BCUT2D eigenvalue weighted by atomic mass is 10.2. The molecule has 0 heterocycles. The van der Waals surface area contributed by atoms with Gasteiger partial charge in [0.1, 0.15) is 16.5 Å². The van der Waals surface area contributed by atoms with E-state index in [1.165, 1.54) is 12.1 Å². The fourth-order valence-electron chi connectivity index (χ4n) is 2.52. The lowest BCUT2D eigenvalue weighted by Gasteiger charge is -2.13. The van der Waals surface area contributed by atoms with E-state index in [0.717, 1.165) is 18.2 Å². The number of anilines is 2. The molecule has 3 aromatic rings. The molecular formula is C20H15ClF2N2O3S. The highest BCUT2D eigenvalue weighted by molar-refractivity contribution is 7.92. The van der Waals surface area contributed by atoms with Crippen LogP contribution >= 0.6 is 11.6 Å². The number of halogens is 3. The minimum Gasteiger partial charge on any atom is -0.319 e. The standard InChI is InChI=1S/C20H15ClF2N2O3S/c1-12-4-2-3-5-17(12)25-29(27,28)19-10-13(6-8-15(19)21)20(26)24-18-9-7-14(22)11-16(18)23/h2-11,25H,1H3,(H,24,26). The highest BCUT2D eigenvalue weighted by atomic mass is 35.5. The average molecular weight is 437 g/mol. The van der Waals surface area contributed by atoms with Crippen LogP contribution in [0.15, 0.2) is 65.6 Å². The minimum absolute atomic E-state index is 0.0664. The number of sulfonamides is 1.